The zero-order chi connectivity index (χ0) is 11.5. The van der Waals surface area contributed by atoms with Crippen molar-refractivity contribution in [3.05, 3.63) is 53.0 Å². The quantitative estimate of drug-likeness (QED) is 0.764. The van der Waals surface area contributed by atoms with Gasteiger partial charge in [-0.25, -0.2) is 0 Å². The lowest BCUT2D eigenvalue weighted by Crippen LogP contribution is -1.98. The molecular formula is C13H11N3S. The van der Waals surface area contributed by atoms with Gasteiger partial charge in [0.1, 0.15) is 0 Å². The summed E-state index contributed by atoms with van der Waals surface area (Å²) in [5, 5.41) is 7.61. The van der Waals surface area contributed by atoms with E-state index in [0.717, 1.165) is 23.3 Å². The van der Waals surface area contributed by atoms with Gasteiger partial charge in [-0.3, -0.25) is 9.97 Å². The Kier molecular flexibility index (Phi) is 2.71. The van der Waals surface area contributed by atoms with Crippen LogP contribution in [0.5, 0.6) is 0 Å². The van der Waals surface area contributed by atoms with Gasteiger partial charge in [-0.15, -0.1) is 0 Å². The van der Waals surface area contributed by atoms with E-state index < -0.39 is 0 Å². The number of aromatic nitrogens is 2. The topological polar surface area (TPSA) is 37.8 Å². The second-order valence-corrected chi connectivity index (χ2v) is 4.53. The summed E-state index contributed by atoms with van der Waals surface area (Å²) in [6.07, 6.45) is 3.42. The van der Waals surface area contributed by atoms with Gasteiger partial charge in [-0.05, 0) is 40.6 Å². The number of hydrogen-bond acceptors (Lipinski definition) is 4. The fourth-order valence-corrected chi connectivity index (χ4v) is 2.34. The molecule has 4 heteroatoms. The van der Waals surface area contributed by atoms with Gasteiger partial charge in [0.25, 0.3) is 0 Å². The van der Waals surface area contributed by atoms with Crippen molar-refractivity contribution in [3.8, 4) is 0 Å². The molecule has 0 amide bonds. The van der Waals surface area contributed by atoms with Crippen molar-refractivity contribution in [2.75, 3.05) is 5.32 Å². The smallest absolute Gasteiger partial charge is 0.0907 e. The first-order chi connectivity index (χ1) is 8.42. The molecule has 0 fully saturated rings. The maximum atomic E-state index is 4.29. The number of fused-ring (bicyclic) bond motifs is 1. The standard InChI is InChI=1S/C13H11N3S/c1-2-12-13(15-5-4-14-12)7-11(1)16-8-10-3-6-17-9-10/h1-7,9,16H,8H2. The first-order valence-electron chi connectivity index (χ1n) is 5.37. The van der Waals surface area contributed by atoms with E-state index in [0.29, 0.717) is 0 Å². The SMILES string of the molecule is c1cnc2cc(NCc3ccsc3)ccc2n1. The monoisotopic (exact) mass is 241 g/mol. The lowest BCUT2D eigenvalue weighted by molar-refractivity contribution is 1.16. The van der Waals surface area contributed by atoms with Crippen LogP contribution in [0.25, 0.3) is 11.0 Å². The molecule has 2 aromatic heterocycles. The number of hydrogen-bond donors (Lipinski definition) is 1. The average molecular weight is 241 g/mol. The van der Waals surface area contributed by atoms with Crippen molar-refractivity contribution in [1.82, 2.24) is 9.97 Å². The van der Waals surface area contributed by atoms with E-state index in [1.165, 1.54) is 5.56 Å². The van der Waals surface area contributed by atoms with Gasteiger partial charge in [-0.2, -0.15) is 11.3 Å². The molecular weight excluding hydrogens is 230 g/mol. The summed E-state index contributed by atoms with van der Waals surface area (Å²) in [5.41, 5.74) is 4.22. The van der Waals surface area contributed by atoms with E-state index in [4.69, 9.17) is 0 Å². The molecule has 1 N–H and O–H groups in total. The molecule has 0 spiro atoms. The number of anilines is 1. The van der Waals surface area contributed by atoms with Crippen LogP contribution in [0.15, 0.2) is 47.4 Å². The highest BCUT2D eigenvalue weighted by Crippen LogP contribution is 2.16. The van der Waals surface area contributed by atoms with E-state index in [1.54, 1.807) is 23.7 Å². The minimum absolute atomic E-state index is 0.843. The summed E-state index contributed by atoms with van der Waals surface area (Å²) < 4.78 is 0. The molecule has 3 aromatic rings. The van der Waals surface area contributed by atoms with E-state index in [2.05, 4.69) is 32.1 Å². The lowest BCUT2D eigenvalue weighted by Gasteiger charge is -2.05. The van der Waals surface area contributed by atoms with E-state index in [-0.39, 0.29) is 0 Å². The van der Waals surface area contributed by atoms with Crippen molar-refractivity contribution in [1.29, 1.82) is 0 Å². The Morgan fingerprint density at radius 1 is 1.06 bits per heavy atom. The fraction of sp³-hybridized carbons (Fsp3) is 0.0769. The Balaban J connectivity index is 1.81. The Morgan fingerprint density at radius 3 is 2.76 bits per heavy atom. The summed E-state index contributed by atoms with van der Waals surface area (Å²) in [7, 11) is 0. The van der Waals surface area contributed by atoms with Crippen molar-refractivity contribution >= 4 is 28.1 Å². The molecule has 0 unspecified atom stereocenters. The molecule has 0 aliphatic heterocycles. The summed E-state index contributed by atoms with van der Waals surface area (Å²) in [5.74, 6) is 0. The highest BCUT2D eigenvalue weighted by molar-refractivity contribution is 7.07. The summed E-state index contributed by atoms with van der Waals surface area (Å²) in [6.45, 7) is 0.843. The molecule has 0 aliphatic carbocycles. The molecule has 0 radical (unpaired) electrons. The van der Waals surface area contributed by atoms with Crippen LogP contribution in [0, 0.1) is 0 Å². The predicted molar refractivity (Wildman–Crippen MR) is 71.2 cm³/mol. The van der Waals surface area contributed by atoms with E-state index in [9.17, 15) is 0 Å². The van der Waals surface area contributed by atoms with Crippen molar-refractivity contribution in [3.63, 3.8) is 0 Å². The maximum Gasteiger partial charge on any atom is 0.0907 e. The fourth-order valence-electron chi connectivity index (χ4n) is 1.67. The Labute approximate surface area is 103 Å². The second-order valence-electron chi connectivity index (χ2n) is 3.74. The third kappa shape index (κ3) is 2.26. The number of benzene rings is 1. The third-order valence-corrected chi connectivity index (χ3v) is 3.28. The van der Waals surface area contributed by atoms with Gasteiger partial charge < -0.3 is 5.32 Å². The molecule has 1 aromatic carbocycles. The van der Waals surface area contributed by atoms with Gasteiger partial charge >= 0.3 is 0 Å². The Bertz CT molecular complexity index is 619. The van der Waals surface area contributed by atoms with Gasteiger partial charge in [0.05, 0.1) is 11.0 Å². The third-order valence-electron chi connectivity index (χ3n) is 2.55. The first-order valence-corrected chi connectivity index (χ1v) is 6.32. The molecule has 3 rings (SSSR count). The molecule has 3 nitrogen and oxygen atoms in total. The highest BCUT2D eigenvalue weighted by atomic mass is 32.1. The van der Waals surface area contributed by atoms with E-state index in [1.807, 2.05) is 18.2 Å². The maximum absolute atomic E-state index is 4.29. The van der Waals surface area contributed by atoms with Crippen LogP contribution in [0.4, 0.5) is 5.69 Å². The zero-order valence-electron chi connectivity index (χ0n) is 9.13. The number of rotatable bonds is 3. The Hall–Kier alpha value is -1.94. The van der Waals surface area contributed by atoms with Gasteiger partial charge in [0, 0.05) is 24.6 Å². The van der Waals surface area contributed by atoms with Crippen LogP contribution in [-0.2, 0) is 6.54 Å². The average Bonchev–Trinajstić information content (AvgIpc) is 2.89. The zero-order valence-corrected chi connectivity index (χ0v) is 9.95. The molecule has 17 heavy (non-hydrogen) atoms. The molecule has 0 saturated carbocycles. The molecule has 0 bridgehead atoms. The minimum atomic E-state index is 0.843. The normalized spacial score (nSPS) is 10.6. The van der Waals surface area contributed by atoms with Crippen LogP contribution in [0.1, 0.15) is 5.56 Å². The number of thiophene rings is 1. The number of nitrogens with zero attached hydrogens (tertiary/aromatic N) is 2. The molecule has 0 aliphatic rings. The van der Waals surface area contributed by atoms with Crippen molar-refractivity contribution in [2.24, 2.45) is 0 Å². The van der Waals surface area contributed by atoms with Gasteiger partial charge in [0.2, 0.25) is 0 Å². The predicted octanol–water partition coefficient (Wildman–Crippen LogP) is 3.30. The van der Waals surface area contributed by atoms with E-state index >= 15 is 0 Å². The number of nitrogens with one attached hydrogen (secondary N) is 1. The molecule has 84 valence electrons. The first kappa shape index (κ1) is 10.2. The van der Waals surface area contributed by atoms with Gasteiger partial charge in [-0.1, -0.05) is 0 Å². The van der Waals surface area contributed by atoms with Crippen LogP contribution in [-0.4, -0.2) is 9.97 Å². The van der Waals surface area contributed by atoms with Crippen LogP contribution >= 0.6 is 11.3 Å². The van der Waals surface area contributed by atoms with Crippen molar-refractivity contribution in [2.45, 2.75) is 6.54 Å². The summed E-state index contributed by atoms with van der Waals surface area (Å²) in [4.78, 5) is 8.53. The van der Waals surface area contributed by atoms with Crippen LogP contribution in [0.2, 0.25) is 0 Å². The Morgan fingerprint density at radius 2 is 1.94 bits per heavy atom. The van der Waals surface area contributed by atoms with Crippen LogP contribution in [0.3, 0.4) is 0 Å². The molecule has 0 saturated heterocycles. The van der Waals surface area contributed by atoms with Crippen LogP contribution < -0.4 is 5.32 Å². The molecule has 0 atom stereocenters. The largest absolute Gasteiger partial charge is 0.381 e. The summed E-state index contributed by atoms with van der Waals surface area (Å²) in [6, 6.07) is 8.16. The second kappa shape index (κ2) is 4.51. The van der Waals surface area contributed by atoms with Gasteiger partial charge in [0.15, 0.2) is 0 Å². The summed E-state index contributed by atoms with van der Waals surface area (Å²) >= 11 is 1.71. The lowest BCUT2D eigenvalue weighted by atomic mass is 10.2. The van der Waals surface area contributed by atoms with Crippen molar-refractivity contribution < 1.29 is 0 Å². The highest BCUT2D eigenvalue weighted by Gasteiger charge is 1.98. The molecule has 2 heterocycles. The minimum Gasteiger partial charge on any atom is -0.381 e.